The second kappa shape index (κ2) is 7.64. The van der Waals surface area contributed by atoms with Gasteiger partial charge in [0.1, 0.15) is 11.9 Å². The summed E-state index contributed by atoms with van der Waals surface area (Å²) in [6.07, 6.45) is 2.55. The van der Waals surface area contributed by atoms with Gasteiger partial charge < -0.3 is 16.0 Å². The number of pyridine rings is 1. The number of nitrogens with one attached hydrogen (secondary N) is 1. The molecule has 9 heteroatoms. The Hall–Kier alpha value is -4.37. The maximum Gasteiger partial charge on any atom is 0.317 e. The van der Waals surface area contributed by atoms with Crippen molar-refractivity contribution in [2.24, 2.45) is 0 Å². The van der Waals surface area contributed by atoms with Crippen LogP contribution in [-0.4, -0.2) is 38.8 Å². The monoisotopic (exact) mass is 438 g/mol. The highest BCUT2D eigenvalue weighted by Gasteiger charge is 2.51. The third kappa shape index (κ3) is 3.35. The number of urea groups is 1. The van der Waals surface area contributed by atoms with E-state index in [0.29, 0.717) is 24.2 Å². The Morgan fingerprint density at radius 3 is 2.73 bits per heavy atom. The number of nitriles is 2. The number of fused-ring (bicyclic) bond motifs is 2. The number of rotatable bonds is 3. The van der Waals surface area contributed by atoms with E-state index in [4.69, 9.17) is 10.8 Å². The smallest absolute Gasteiger partial charge is 0.317 e. The van der Waals surface area contributed by atoms with Gasteiger partial charge in [-0.25, -0.2) is 9.78 Å². The number of likely N-dealkylation sites (tertiary alicyclic amines) is 1. The Labute approximate surface area is 191 Å². The molecule has 164 valence electrons. The Balaban J connectivity index is 1.29. The molecular weight excluding hydrogens is 416 g/mol. The van der Waals surface area contributed by atoms with Crippen LogP contribution in [0.4, 0.5) is 10.6 Å². The second-order valence-electron chi connectivity index (χ2n) is 8.66. The number of nitrogens with two attached hydrogens (primary N) is 1. The third-order valence-corrected chi connectivity index (χ3v) is 6.62. The van der Waals surface area contributed by atoms with Crippen LogP contribution in [0.3, 0.4) is 0 Å². The zero-order valence-corrected chi connectivity index (χ0v) is 18.1. The number of aromatic nitrogens is 3. The molecule has 0 aliphatic carbocycles. The minimum absolute atomic E-state index is 0.115. The molecule has 1 aromatic carbocycles. The summed E-state index contributed by atoms with van der Waals surface area (Å²) in [5.41, 5.74) is 9.91. The molecule has 5 rings (SSSR count). The van der Waals surface area contributed by atoms with E-state index in [1.165, 1.54) is 0 Å². The van der Waals surface area contributed by atoms with Crippen LogP contribution >= 0.6 is 0 Å². The van der Waals surface area contributed by atoms with Gasteiger partial charge in [0.25, 0.3) is 0 Å². The number of amides is 2. The molecule has 3 N–H and O–H groups in total. The summed E-state index contributed by atoms with van der Waals surface area (Å²) in [5, 5.41) is 26.3. The van der Waals surface area contributed by atoms with E-state index in [9.17, 15) is 15.3 Å². The van der Waals surface area contributed by atoms with Gasteiger partial charge in [0.05, 0.1) is 28.9 Å². The Morgan fingerprint density at radius 2 is 1.97 bits per heavy atom. The Bertz CT molecular complexity index is 1340. The lowest BCUT2D eigenvalue weighted by Crippen LogP contribution is -2.62. The molecule has 1 atom stereocenters. The van der Waals surface area contributed by atoms with Crippen molar-refractivity contribution in [2.75, 3.05) is 18.8 Å². The van der Waals surface area contributed by atoms with Crippen molar-refractivity contribution < 1.29 is 4.79 Å². The van der Waals surface area contributed by atoms with E-state index in [2.05, 4.69) is 22.4 Å². The minimum atomic E-state index is -0.266. The first-order valence-corrected chi connectivity index (χ1v) is 10.7. The highest BCUT2D eigenvalue weighted by Crippen LogP contribution is 2.44. The molecule has 0 saturated carbocycles. The highest BCUT2D eigenvalue weighted by atomic mass is 16.2. The van der Waals surface area contributed by atoms with Crippen molar-refractivity contribution in [1.82, 2.24) is 25.0 Å². The van der Waals surface area contributed by atoms with Crippen LogP contribution in [0.2, 0.25) is 0 Å². The van der Waals surface area contributed by atoms with Crippen molar-refractivity contribution in [1.29, 1.82) is 10.5 Å². The number of nitrogens with zero attached hydrogens (tertiary/aromatic N) is 6. The fourth-order valence-corrected chi connectivity index (χ4v) is 4.79. The van der Waals surface area contributed by atoms with Gasteiger partial charge in [-0.2, -0.15) is 15.6 Å². The van der Waals surface area contributed by atoms with Gasteiger partial charge in [-0.1, -0.05) is 18.2 Å². The summed E-state index contributed by atoms with van der Waals surface area (Å²) in [4.78, 5) is 18.8. The minimum Gasteiger partial charge on any atom is -0.383 e. The average molecular weight is 438 g/mol. The number of anilines is 1. The second-order valence-corrected chi connectivity index (χ2v) is 8.66. The quantitative estimate of drug-likeness (QED) is 0.645. The lowest BCUT2D eigenvalue weighted by molar-refractivity contribution is 0.0906. The maximum absolute atomic E-state index is 12.8. The number of benzene rings is 1. The first-order chi connectivity index (χ1) is 15.9. The van der Waals surface area contributed by atoms with E-state index in [-0.39, 0.29) is 23.3 Å². The Morgan fingerprint density at radius 1 is 1.21 bits per heavy atom. The van der Waals surface area contributed by atoms with Crippen LogP contribution < -0.4 is 11.1 Å². The van der Waals surface area contributed by atoms with Gasteiger partial charge in [-0.15, -0.1) is 0 Å². The molecule has 0 radical (unpaired) electrons. The fraction of sp³-hybridized carbons (Fsp3) is 0.292. The zero-order valence-electron chi connectivity index (χ0n) is 18.1. The number of carbonyl (C=O) groups excluding carboxylic acids is 1. The van der Waals surface area contributed by atoms with Crippen LogP contribution in [0, 0.1) is 22.7 Å². The molecule has 33 heavy (non-hydrogen) atoms. The molecule has 2 amide bonds. The van der Waals surface area contributed by atoms with Crippen LogP contribution in [0.15, 0.2) is 42.6 Å². The summed E-state index contributed by atoms with van der Waals surface area (Å²) in [6, 6.07) is 14.9. The molecule has 2 aliphatic heterocycles. The molecular formula is C24H22N8O. The molecule has 0 bridgehead atoms. The average Bonchev–Trinajstić information content (AvgIpc) is 3.37. The van der Waals surface area contributed by atoms with Crippen LogP contribution in [-0.2, 0) is 12.0 Å². The predicted octanol–water partition coefficient (Wildman–Crippen LogP) is 2.70. The molecule has 1 saturated heterocycles. The predicted molar refractivity (Wildman–Crippen MR) is 121 cm³/mol. The number of hydrogen-bond donors (Lipinski definition) is 2. The molecule has 0 unspecified atom stereocenters. The molecule has 4 heterocycles. The molecule has 1 fully saturated rings. The molecule has 9 nitrogen and oxygen atoms in total. The van der Waals surface area contributed by atoms with Gasteiger partial charge in [-0.05, 0) is 37.1 Å². The normalized spacial score (nSPS) is 16.4. The first-order valence-electron chi connectivity index (χ1n) is 10.7. The summed E-state index contributed by atoms with van der Waals surface area (Å²) in [7, 11) is 0. The number of hydrogen-bond acceptors (Lipinski definition) is 6. The van der Waals surface area contributed by atoms with Gasteiger partial charge in [0.15, 0.2) is 0 Å². The van der Waals surface area contributed by atoms with Crippen LogP contribution in [0.5, 0.6) is 0 Å². The number of aryl methyl sites for hydroxylation is 1. The van der Waals surface area contributed by atoms with Crippen molar-refractivity contribution in [3.05, 3.63) is 65.0 Å². The molecule has 2 aromatic heterocycles. The molecule has 3 aromatic rings. The number of carbonyl (C=O) groups is 1. The summed E-state index contributed by atoms with van der Waals surface area (Å²) in [5.74, 6) is 0.205. The first kappa shape index (κ1) is 20.5. The third-order valence-electron chi connectivity index (χ3n) is 6.62. The van der Waals surface area contributed by atoms with Crippen molar-refractivity contribution in [3.63, 3.8) is 0 Å². The van der Waals surface area contributed by atoms with Crippen LogP contribution in [0.1, 0.15) is 41.8 Å². The van der Waals surface area contributed by atoms with E-state index in [1.54, 1.807) is 23.2 Å². The molecule has 2 aliphatic rings. The Kier molecular flexibility index (Phi) is 4.75. The lowest BCUT2D eigenvalue weighted by Gasteiger charge is -2.47. The summed E-state index contributed by atoms with van der Waals surface area (Å²) < 4.78 is 1.98. The van der Waals surface area contributed by atoms with Gasteiger partial charge in [-0.3, -0.25) is 4.68 Å². The van der Waals surface area contributed by atoms with E-state index < -0.39 is 0 Å². The molecule has 1 spiro atoms. The van der Waals surface area contributed by atoms with Crippen molar-refractivity contribution in [3.8, 4) is 23.4 Å². The van der Waals surface area contributed by atoms with Crippen LogP contribution in [0.25, 0.3) is 11.3 Å². The number of nitrogen functional groups attached to an aromatic ring is 1. The maximum atomic E-state index is 12.8. The van der Waals surface area contributed by atoms with Crippen molar-refractivity contribution in [2.45, 2.75) is 31.3 Å². The largest absolute Gasteiger partial charge is 0.383 e. The summed E-state index contributed by atoms with van der Waals surface area (Å²) in [6.45, 7) is 3.89. The van der Waals surface area contributed by atoms with E-state index in [0.717, 1.165) is 35.5 Å². The highest BCUT2D eigenvalue weighted by molar-refractivity contribution is 5.76. The zero-order chi connectivity index (χ0) is 23.2. The lowest BCUT2D eigenvalue weighted by atomic mass is 9.76. The van der Waals surface area contributed by atoms with E-state index in [1.807, 2.05) is 35.9 Å². The van der Waals surface area contributed by atoms with E-state index >= 15 is 0 Å². The van der Waals surface area contributed by atoms with Crippen molar-refractivity contribution >= 4 is 11.8 Å². The van der Waals surface area contributed by atoms with Gasteiger partial charge in [0, 0.05) is 42.5 Å². The standard InChI is InChI=1S/C24H22N8O/c1-15(19-5-3-2-4-16(19)10-25)29-23(33)31-13-24(14-31)6-7-32-21(24)9-20(30-32)18-8-17(11-26)22(27)28-12-18/h2-5,8-9,12,15H,6-7,13-14H2,1H3,(H2,27,28)(H,29,33)/t15-/m1/s1. The topological polar surface area (TPSA) is 137 Å². The van der Waals surface area contributed by atoms with Gasteiger partial charge >= 0.3 is 6.03 Å². The SMILES string of the molecule is C[C@@H](NC(=O)N1CC2(CCn3nc(-c4cnc(N)c(C#N)c4)cc32)C1)c1ccccc1C#N. The summed E-state index contributed by atoms with van der Waals surface area (Å²) >= 11 is 0. The van der Waals surface area contributed by atoms with Gasteiger partial charge in [0.2, 0.25) is 0 Å². The fourth-order valence-electron chi connectivity index (χ4n) is 4.79.